The summed E-state index contributed by atoms with van der Waals surface area (Å²) in [5, 5.41) is 0. The second-order valence-electron chi connectivity index (χ2n) is 14.3. The molecule has 0 aromatic rings. The van der Waals surface area contributed by atoms with Crippen molar-refractivity contribution in [3.05, 3.63) is 0 Å². The van der Waals surface area contributed by atoms with Gasteiger partial charge in [-0.15, -0.1) is 0 Å². The second kappa shape index (κ2) is 8.65. The van der Waals surface area contributed by atoms with Crippen LogP contribution in [0.2, 0.25) is 0 Å². The number of fused-ring (bicyclic) bond motifs is 5. The molecule has 4 fully saturated rings. The Hall–Kier alpha value is 0. The van der Waals surface area contributed by atoms with E-state index in [-0.39, 0.29) is 0 Å². The third kappa shape index (κ3) is 3.77. The Kier molecular flexibility index (Phi) is 6.74. The molecule has 0 saturated heterocycles. The molecule has 4 aliphatic carbocycles. The Morgan fingerprint density at radius 3 is 2.13 bits per heavy atom. The predicted octanol–water partition coefficient (Wildman–Crippen LogP) is 9.77. The molecule has 4 rings (SSSR count). The third-order valence-electron chi connectivity index (χ3n) is 12.9. The highest BCUT2D eigenvalue weighted by Crippen LogP contribution is 2.71. The van der Waals surface area contributed by atoms with Crippen LogP contribution in [0, 0.1) is 63.6 Å². The van der Waals surface area contributed by atoms with Crippen LogP contribution in [-0.2, 0) is 0 Å². The first kappa shape index (κ1) is 24.1. The van der Waals surface area contributed by atoms with Crippen LogP contribution in [0.1, 0.15) is 132 Å². The minimum atomic E-state index is 0.585. The Labute approximate surface area is 196 Å². The third-order valence-corrected chi connectivity index (χ3v) is 12.9. The maximum absolute atomic E-state index is 2.78. The summed E-state index contributed by atoms with van der Waals surface area (Å²) in [6.07, 6.45) is 18.0. The standard InChI is InChI=1S/C31H56/c1-9-29(6)23(5)17-19-31(8)27-18-20-30(7)25(22(4)12-10-11-21(2)3)14-15-26(30)24(27)13-16-28(29)31/h21-28H,9-20H2,1-8H3. The lowest BCUT2D eigenvalue weighted by Crippen LogP contribution is -2.58. The van der Waals surface area contributed by atoms with Gasteiger partial charge in [0.05, 0.1) is 0 Å². The summed E-state index contributed by atoms with van der Waals surface area (Å²) in [6, 6.07) is 0. The van der Waals surface area contributed by atoms with Gasteiger partial charge < -0.3 is 0 Å². The molecule has 180 valence electrons. The Bertz CT molecular complexity index is 620. The molecule has 0 amide bonds. The van der Waals surface area contributed by atoms with E-state index in [1.807, 2.05) is 0 Å². The molecule has 0 aromatic carbocycles. The van der Waals surface area contributed by atoms with Crippen LogP contribution in [-0.4, -0.2) is 0 Å². The van der Waals surface area contributed by atoms with Gasteiger partial charge in [-0.05, 0) is 115 Å². The summed E-state index contributed by atoms with van der Waals surface area (Å²) in [5.74, 6) is 7.82. The molecule has 4 saturated carbocycles. The van der Waals surface area contributed by atoms with Crippen molar-refractivity contribution in [1.29, 1.82) is 0 Å². The lowest BCUT2D eigenvalue weighted by molar-refractivity contribution is -0.166. The monoisotopic (exact) mass is 428 g/mol. The molecule has 0 bridgehead atoms. The van der Waals surface area contributed by atoms with Crippen molar-refractivity contribution in [2.75, 3.05) is 0 Å². The molecule has 31 heavy (non-hydrogen) atoms. The van der Waals surface area contributed by atoms with Crippen LogP contribution < -0.4 is 0 Å². The summed E-state index contributed by atoms with van der Waals surface area (Å²) in [6.45, 7) is 20.7. The van der Waals surface area contributed by atoms with Gasteiger partial charge in [-0.2, -0.15) is 0 Å². The van der Waals surface area contributed by atoms with Gasteiger partial charge in [0, 0.05) is 0 Å². The lowest BCUT2D eigenvalue weighted by atomic mass is 9.39. The smallest absolute Gasteiger partial charge is 0.0261 e. The summed E-state index contributed by atoms with van der Waals surface area (Å²) in [7, 11) is 0. The number of hydrogen-bond acceptors (Lipinski definition) is 0. The van der Waals surface area contributed by atoms with E-state index in [9.17, 15) is 0 Å². The molecule has 0 heterocycles. The Morgan fingerprint density at radius 2 is 1.45 bits per heavy atom. The topological polar surface area (TPSA) is 0 Å². The zero-order valence-electron chi connectivity index (χ0n) is 22.6. The zero-order chi connectivity index (χ0) is 22.6. The number of hydrogen-bond donors (Lipinski definition) is 0. The highest BCUT2D eigenvalue weighted by molar-refractivity contribution is 5.12. The molecule has 0 heteroatoms. The SMILES string of the molecule is CCC1(C)C(C)CCC2(C)C3CCC4(C)C(C(C)CCCC(C)C)CCC4C3CCC12. The highest BCUT2D eigenvalue weighted by atomic mass is 14.7. The van der Waals surface area contributed by atoms with Gasteiger partial charge >= 0.3 is 0 Å². The van der Waals surface area contributed by atoms with Crippen molar-refractivity contribution in [3.8, 4) is 0 Å². The summed E-state index contributed by atoms with van der Waals surface area (Å²) >= 11 is 0. The van der Waals surface area contributed by atoms with Gasteiger partial charge in [-0.1, -0.05) is 81.1 Å². The average molecular weight is 429 g/mol. The van der Waals surface area contributed by atoms with Gasteiger partial charge in [0.15, 0.2) is 0 Å². The highest BCUT2D eigenvalue weighted by Gasteiger charge is 2.63. The van der Waals surface area contributed by atoms with Gasteiger partial charge in [-0.25, -0.2) is 0 Å². The van der Waals surface area contributed by atoms with Gasteiger partial charge in [0.1, 0.15) is 0 Å². The fourth-order valence-corrected chi connectivity index (χ4v) is 10.7. The first-order chi connectivity index (χ1) is 14.6. The molecule has 0 radical (unpaired) electrons. The van der Waals surface area contributed by atoms with Crippen LogP contribution in [0.4, 0.5) is 0 Å². The van der Waals surface area contributed by atoms with Crippen molar-refractivity contribution in [3.63, 3.8) is 0 Å². The van der Waals surface area contributed by atoms with Crippen molar-refractivity contribution in [2.24, 2.45) is 63.6 Å². The van der Waals surface area contributed by atoms with Crippen LogP contribution in [0.15, 0.2) is 0 Å². The summed E-state index contributed by atoms with van der Waals surface area (Å²) in [5.41, 5.74) is 1.86. The first-order valence-corrected chi connectivity index (χ1v) is 14.6. The number of rotatable bonds is 6. The molecule has 10 atom stereocenters. The van der Waals surface area contributed by atoms with Gasteiger partial charge in [0.25, 0.3) is 0 Å². The molecule has 0 spiro atoms. The van der Waals surface area contributed by atoms with E-state index in [4.69, 9.17) is 0 Å². The quantitative estimate of drug-likeness (QED) is 0.395. The first-order valence-electron chi connectivity index (χ1n) is 14.6. The molecular formula is C31H56. The van der Waals surface area contributed by atoms with E-state index in [1.165, 1.54) is 51.4 Å². The fraction of sp³-hybridized carbons (Fsp3) is 1.00. The molecular weight excluding hydrogens is 372 g/mol. The van der Waals surface area contributed by atoms with Crippen molar-refractivity contribution < 1.29 is 0 Å². The van der Waals surface area contributed by atoms with Crippen molar-refractivity contribution in [2.45, 2.75) is 132 Å². The summed E-state index contributed by atoms with van der Waals surface area (Å²) < 4.78 is 0. The lowest BCUT2D eigenvalue weighted by Gasteiger charge is -2.65. The molecule has 4 aliphatic rings. The van der Waals surface area contributed by atoms with E-state index in [2.05, 4.69) is 55.4 Å². The molecule has 0 aromatic heterocycles. The van der Waals surface area contributed by atoms with E-state index in [0.29, 0.717) is 16.2 Å². The van der Waals surface area contributed by atoms with E-state index < -0.39 is 0 Å². The molecule has 0 N–H and O–H groups in total. The fourth-order valence-electron chi connectivity index (χ4n) is 10.7. The minimum Gasteiger partial charge on any atom is -0.0648 e. The normalized spacial score (nSPS) is 50.6. The maximum Gasteiger partial charge on any atom is -0.0261 e. The van der Waals surface area contributed by atoms with Crippen molar-refractivity contribution >= 4 is 0 Å². The minimum absolute atomic E-state index is 0.585. The second-order valence-corrected chi connectivity index (χ2v) is 14.3. The Morgan fingerprint density at radius 1 is 0.774 bits per heavy atom. The summed E-state index contributed by atoms with van der Waals surface area (Å²) in [4.78, 5) is 0. The van der Waals surface area contributed by atoms with Crippen LogP contribution >= 0.6 is 0 Å². The average Bonchev–Trinajstić information content (AvgIpc) is 3.08. The van der Waals surface area contributed by atoms with Gasteiger partial charge in [-0.3, -0.25) is 0 Å². The van der Waals surface area contributed by atoms with E-state index >= 15 is 0 Å². The van der Waals surface area contributed by atoms with Crippen LogP contribution in [0.3, 0.4) is 0 Å². The molecule has 0 nitrogen and oxygen atoms in total. The van der Waals surface area contributed by atoms with Crippen molar-refractivity contribution in [1.82, 2.24) is 0 Å². The zero-order valence-corrected chi connectivity index (χ0v) is 22.6. The van der Waals surface area contributed by atoms with E-state index in [0.717, 1.165) is 47.3 Å². The van der Waals surface area contributed by atoms with Crippen LogP contribution in [0.25, 0.3) is 0 Å². The van der Waals surface area contributed by atoms with Crippen LogP contribution in [0.5, 0.6) is 0 Å². The molecule has 10 unspecified atom stereocenters. The Balaban J connectivity index is 1.51. The molecule has 0 aliphatic heterocycles. The predicted molar refractivity (Wildman–Crippen MR) is 136 cm³/mol. The maximum atomic E-state index is 2.78. The largest absolute Gasteiger partial charge is 0.0648 e. The van der Waals surface area contributed by atoms with E-state index in [1.54, 1.807) is 25.7 Å². The van der Waals surface area contributed by atoms with Gasteiger partial charge in [0.2, 0.25) is 0 Å².